The van der Waals surface area contributed by atoms with E-state index in [0.717, 1.165) is 31.4 Å². The van der Waals surface area contributed by atoms with E-state index < -0.39 is 51.9 Å². The fraction of sp³-hybridized carbons (Fsp3) is 0.545. The molecule has 0 bridgehead atoms. The van der Waals surface area contributed by atoms with Crippen LogP contribution in [0.2, 0.25) is 5.28 Å². The predicted octanol–water partition coefficient (Wildman–Crippen LogP) is 2.23. The maximum Gasteiger partial charge on any atom is 0.340 e. The second kappa shape index (κ2) is 11.1. The van der Waals surface area contributed by atoms with Crippen LogP contribution in [0.1, 0.15) is 43.3 Å². The first kappa shape index (κ1) is 28.5. The van der Waals surface area contributed by atoms with E-state index in [1.54, 1.807) is 0 Å². The third kappa shape index (κ3) is 6.19. The summed E-state index contributed by atoms with van der Waals surface area (Å²) in [7, 11) is -9.43. The molecule has 2 aromatic heterocycles. The first-order chi connectivity index (χ1) is 18.4. The van der Waals surface area contributed by atoms with Gasteiger partial charge in [0.25, 0.3) is 0 Å². The van der Waals surface area contributed by atoms with Crippen LogP contribution in [0.15, 0.2) is 30.3 Å². The normalized spacial score (nSPS) is 27.6. The lowest BCUT2D eigenvalue weighted by Gasteiger charge is -2.37. The van der Waals surface area contributed by atoms with Gasteiger partial charge in [-0.25, -0.2) is 4.68 Å². The van der Waals surface area contributed by atoms with Gasteiger partial charge >= 0.3 is 15.2 Å². The monoisotopic (exact) mass is 602 g/mol. The van der Waals surface area contributed by atoms with Crippen molar-refractivity contribution in [3.63, 3.8) is 0 Å². The number of nitrogens with zero attached hydrogens (tertiary/aromatic N) is 6. The van der Waals surface area contributed by atoms with E-state index in [-0.39, 0.29) is 23.4 Å². The molecule has 0 amide bonds. The Morgan fingerprint density at radius 3 is 2.51 bits per heavy atom. The maximum atomic E-state index is 12.0. The third-order valence-corrected chi connectivity index (χ3v) is 10.8. The zero-order chi connectivity index (χ0) is 27.9. The van der Waals surface area contributed by atoms with Crippen LogP contribution in [0.3, 0.4) is 0 Å². The van der Waals surface area contributed by atoms with Crippen molar-refractivity contribution < 1.29 is 38.5 Å². The topological polar surface area (TPSA) is 204 Å². The second-order valence-corrected chi connectivity index (χ2v) is 14.3. The van der Waals surface area contributed by atoms with Crippen LogP contribution in [0, 0.1) is 5.92 Å². The molecule has 3 heterocycles. The van der Waals surface area contributed by atoms with Gasteiger partial charge in [0.15, 0.2) is 22.9 Å². The molecule has 17 heteroatoms. The molecule has 1 saturated carbocycles. The van der Waals surface area contributed by atoms with Crippen LogP contribution < -0.4 is 4.90 Å². The quantitative estimate of drug-likeness (QED) is 0.185. The molecular weight excluding hydrogens is 574 g/mol. The van der Waals surface area contributed by atoms with Gasteiger partial charge in [0.05, 0.1) is 24.8 Å². The molecule has 39 heavy (non-hydrogen) atoms. The Labute approximate surface area is 228 Å². The number of aliphatic hydroxyl groups is 2. The van der Waals surface area contributed by atoms with Gasteiger partial charge in [0.1, 0.15) is 6.10 Å². The molecule has 2 aliphatic rings. The minimum atomic E-state index is -4.80. The van der Waals surface area contributed by atoms with Crippen molar-refractivity contribution in [2.24, 2.45) is 5.92 Å². The third-order valence-electron chi connectivity index (χ3n) is 7.18. The van der Waals surface area contributed by atoms with Crippen molar-refractivity contribution in [2.45, 2.75) is 50.0 Å². The van der Waals surface area contributed by atoms with Crippen LogP contribution in [-0.4, -0.2) is 81.1 Å². The zero-order valence-corrected chi connectivity index (χ0v) is 23.2. The van der Waals surface area contributed by atoms with Crippen molar-refractivity contribution in [1.29, 1.82) is 0 Å². The number of aliphatic hydroxyl groups excluding tert-OH is 2. The van der Waals surface area contributed by atoms with Gasteiger partial charge in [-0.3, -0.25) is 9.13 Å². The van der Waals surface area contributed by atoms with Gasteiger partial charge in [0.2, 0.25) is 5.28 Å². The van der Waals surface area contributed by atoms with Crippen molar-refractivity contribution in [1.82, 2.24) is 25.0 Å². The minimum absolute atomic E-state index is 0.0370. The smallest absolute Gasteiger partial charge is 0.340 e. The number of rotatable bonds is 8. The average molecular weight is 603 g/mol. The van der Waals surface area contributed by atoms with Crippen LogP contribution in [-0.2, 0) is 13.7 Å². The number of fused-ring (bicyclic) bond motifs is 1. The molecule has 2 fully saturated rings. The molecule has 3 aromatic rings. The highest BCUT2D eigenvalue weighted by molar-refractivity contribution is 7.70. The highest BCUT2D eigenvalue weighted by Crippen LogP contribution is 2.56. The molecule has 1 aliphatic heterocycles. The molecule has 1 saturated heterocycles. The molecular formula is C22H29ClN6O8P2. The lowest BCUT2D eigenvalue weighted by atomic mass is 9.95. The first-order valence-corrected chi connectivity index (χ1v) is 16.3. The molecule has 14 nitrogen and oxygen atoms in total. The lowest BCUT2D eigenvalue weighted by molar-refractivity contribution is -0.00362. The number of anilines is 1. The van der Waals surface area contributed by atoms with E-state index >= 15 is 0 Å². The largest absolute Gasteiger partial charge is 0.390 e. The SMILES string of the molecule is O=P(O)(O)CP(=O)(O)OC[C@H]1C[C@@H](n2nnc3c(N4CCCC[C@H]4c4ccccc4)nc(Cl)nc32)[C@H](O)[C@@H]1O. The van der Waals surface area contributed by atoms with E-state index in [4.69, 9.17) is 25.9 Å². The summed E-state index contributed by atoms with van der Waals surface area (Å²) in [5, 5.41) is 29.9. The van der Waals surface area contributed by atoms with Crippen molar-refractivity contribution in [3.05, 3.63) is 41.2 Å². The number of hydrogen-bond donors (Lipinski definition) is 5. The molecule has 0 radical (unpaired) electrons. The average Bonchev–Trinajstić information content (AvgIpc) is 3.42. The summed E-state index contributed by atoms with van der Waals surface area (Å²) in [5.74, 6) is -1.67. The minimum Gasteiger partial charge on any atom is -0.390 e. The molecule has 5 N–H and O–H groups in total. The Kier molecular flexibility index (Phi) is 8.13. The van der Waals surface area contributed by atoms with Crippen LogP contribution in [0.5, 0.6) is 0 Å². The Bertz CT molecular complexity index is 1420. The second-order valence-electron chi connectivity index (χ2n) is 9.92. The molecule has 1 unspecified atom stereocenters. The first-order valence-electron chi connectivity index (χ1n) is 12.4. The van der Waals surface area contributed by atoms with Crippen LogP contribution in [0.4, 0.5) is 5.82 Å². The van der Waals surface area contributed by atoms with E-state index in [9.17, 15) is 24.2 Å². The molecule has 5 rings (SSSR count). The number of hydrogen-bond acceptors (Lipinski definition) is 10. The molecule has 1 aromatic carbocycles. The molecule has 6 atom stereocenters. The van der Waals surface area contributed by atoms with Crippen molar-refractivity contribution in [3.8, 4) is 0 Å². The Hall–Kier alpha value is -1.99. The highest BCUT2D eigenvalue weighted by Gasteiger charge is 2.45. The van der Waals surface area contributed by atoms with Gasteiger partial charge in [-0.05, 0) is 42.8 Å². The van der Waals surface area contributed by atoms with E-state index in [0.29, 0.717) is 11.3 Å². The standard InChI is InChI=1S/C22H29ClN6O8P2/c23-22-24-20(28-9-5-4-8-15(28)13-6-2-1-3-7-13)17-21(25-22)29(27-26-17)16-10-14(18(30)19(16)31)11-37-39(35,36)12-38(32,33)34/h1-3,6-7,14-16,18-19,30-31H,4-5,8-12H2,(H,35,36)(H2,32,33,34)/t14-,15+,16-,18-,19+/m1/s1. The van der Waals surface area contributed by atoms with E-state index in [1.807, 2.05) is 18.2 Å². The Balaban J connectivity index is 1.42. The number of aromatic nitrogens is 5. The number of benzene rings is 1. The molecule has 212 valence electrons. The molecule has 1 aliphatic carbocycles. The summed E-state index contributed by atoms with van der Waals surface area (Å²) in [6, 6.07) is 9.25. The van der Waals surface area contributed by atoms with Gasteiger partial charge < -0.3 is 34.3 Å². The number of halogens is 1. The fourth-order valence-electron chi connectivity index (χ4n) is 5.41. The summed E-state index contributed by atoms with van der Waals surface area (Å²) in [5.41, 5.74) is 1.77. The van der Waals surface area contributed by atoms with Crippen LogP contribution in [0.25, 0.3) is 11.2 Å². The summed E-state index contributed by atoms with van der Waals surface area (Å²) in [4.78, 5) is 38.7. The zero-order valence-electron chi connectivity index (χ0n) is 20.6. The van der Waals surface area contributed by atoms with E-state index in [1.165, 1.54) is 4.68 Å². The lowest BCUT2D eigenvalue weighted by Crippen LogP contribution is -2.34. The molecule has 0 spiro atoms. The Morgan fingerprint density at radius 2 is 1.79 bits per heavy atom. The van der Waals surface area contributed by atoms with E-state index in [2.05, 4.69) is 37.3 Å². The van der Waals surface area contributed by atoms with Crippen molar-refractivity contribution >= 4 is 43.8 Å². The van der Waals surface area contributed by atoms with Crippen LogP contribution >= 0.6 is 26.8 Å². The fourth-order valence-corrected chi connectivity index (χ4v) is 8.19. The summed E-state index contributed by atoms with van der Waals surface area (Å²) >= 11 is 6.35. The Morgan fingerprint density at radius 1 is 1.05 bits per heavy atom. The summed E-state index contributed by atoms with van der Waals surface area (Å²) in [6.45, 7) is 0.206. The number of piperidine rings is 1. The summed E-state index contributed by atoms with van der Waals surface area (Å²) in [6.07, 6.45) is 0.247. The van der Waals surface area contributed by atoms with Gasteiger partial charge in [-0.2, -0.15) is 9.97 Å². The van der Waals surface area contributed by atoms with Gasteiger partial charge in [-0.15, -0.1) is 5.10 Å². The van der Waals surface area contributed by atoms with Crippen molar-refractivity contribution in [2.75, 3.05) is 24.0 Å². The predicted molar refractivity (Wildman–Crippen MR) is 140 cm³/mol. The summed E-state index contributed by atoms with van der Waals surface area (Å²) < 4.78 is 29.4. The van der Waals surface area contributed by atoms with Gasteiger partial charge in [0, 0.05) is 12.5 Å². The highest BCUT2D eigenvalue weighted by atomic mass is 35.5. The van der Waals surface area contributed by atoms with Gasteiger partial charge in [-0.1, -0.05) is 35.5 Å². The maximum absolute atomic E-state index is 12.0.